The van der Waals surface area contributed by atoms with E-state index in [1.54, 1.807) is 30.1 Å². The molecule has 0 radical (unpaired) electrons. The standard InChI is InChI=1S/C25H35N3O6/c1-3-10-26-23(29)14-18-5-6-20-22(34-18)15-33-21-7-4-17(13-19(21)25(31)28(20)2)27-24(30)16-8-11-32-12-9-16/h4,7,13,16,18,20,22H,3,5-6,8-12,14-15H2,1-2H3,(H,26,29)(H,27,30)/t18-,20-,22+/m0/s1. The Morgan fingerprint density at radius 2 is 1.94 bits per heavy atom. The lowest BCUT2D eigenvalue weighted by Crippen LogP contribution is -2.54. The van der Waals surface area contributed by atoms with Gasteiger partial charge in [-0.15, -0.1) is 0 Å². The molecular weight excluding hydrogens is 438 g/mol. The van der Waals surface area contributed by atoms with Crippen LogP contribution in [0.4, 0.5) is 5.69 Å². The van der Waals surface area contributed by atoms with Crippen LogP contribution in [0.5, 0.6) is 5.75 Å². The fourth-order valence-electron chi connectivity index (χ4n) is 4.85. The van der Waals surface area contributed by atoms with Crippen LogP contribution >= 0.6 is 0 Å². The van der Waals surface area contributed by atoms with Crippen molar-refractivity contribution in [2.45, 2.75) is 63.7 Å². The Morgan fingerprint density at radius 1 is 1.15 bits per heavy atom. The molecule has 9 heteroatoms. The fourth-order valence-corrected chi connectivity index (χ4v) is 4.85. The van der Waals surface area contributed by atoms with E-state index in [0.717, 1.165) is 12.8 Å². The van der Waals surface area contributed by atoms with Gasteiger partial charge in [0.25, 0.3) is 5.91 Å². The molecule has 0 aromatic heterocycles. The van der Waals surface area contributed by atoms with Gasteiger partial charge in [-0.3, -0.25) is 14.4 Å². The summed E-state index contributed by atoms with van der Waals surface area (Å²) in [4.78, 5) is 39.8. The molecule has 3 atom stereocenters. The van der Waals surface area contributed by atoms with Crippen molar-refractivity contribution in [3.8, 4) is 5.75 Å². The van der Waals surface area contributed by atoms with Gasteiger partial charge in [-0.2, -0.15) is 0 Å². The molecule has 3 aliphatic rings. The molecule has 0 spiro atoms. The molecule has 3 amide bonds. The second kappa shape index (κ2) is 11.2. The summed E-state index contributed by atoms with van der Waals surface area (Å²) in [5.41, 5.74) is 1.00. The van der Waals surface area contributed by atoms with Crippen molar-refractivity contribution >= 4 is 23.4 Å². The number of benzene rings is 1. The number of likely N-dealkylation sites (N-methyl/N-ethyl adjacent to an activating group) is 1. The summed E-state index contributed by atoms with van der Waals surface area (Å²) in [5.74, 6) is 0.149. The first-order valence-corrected chi connectivity index (χ1v) is 12.3. The number of rotatable bonds is 6. The number of carbonyl (C=O) groups excluding carboxylic acids is 3. The maximum atomic E-state index is 13.4. The smallest absolute Gasteiger partial charge is 0.257 e. The van der Waals surface area contributed by atoms with Crippen LogP contribution in [0.1, 0.15) is 55.8 Å². The number of fused-ring (bicyclic) bond motifs is 2. The average molecular weight is 474 g/mol. The predicted molar refractivity (Wildman–Crippen MR) is 126 cm³/mol. The van der Waals surface area contributed by atoms with Crippen LogP contribution in [0.2, 0.25) is 0 Å². The molecule has 0 saturated carbocycles. The molecule has 2 N–H and O–H groups in total. The fraction of sp³-hybridized carbons (Fsp3) is 0.640. The molecule has 3 heterocycles. The minimum atomic E-state index is -0.312. The summed E-state index contributed by atoms with van der Waals surface area (Å²) in [6, 6.07) is 5.02. The van der Waals surface area contributed by atoms with Gasteiger partial charge in [-0.1, -0.05) is 6.92 Å². The number of amides is 3. The maximum Gasteiger partial charge on any atom is 0.257 e. The SMILES string of the molecule is CCCNC(=O)C[C@@H]1CC[C@H]2[C@@H](COc3ccc(NC(=O)C4CCOCC4)cc3C(=O)N2C)O1. The van der Waals surface area contributed by atoms with Crippen LogP contribution in [-0.2, 0) is 19.1 Å². The number of hydrogen-bond acceptors (Lipinski definition) is 6. The maximum absolute atomic E-state index is 13.4. The normalized spacial score (nSPS) is 25.3. The zero-order chi connectivity index (χ0) is 24.1. The summed E-state index contributed by atoms with van der Waals surface area (Å²) in [5, 5.41) is 5.84. The second-order valence-corrected chi connectivity index (χ2v) is 9.31. The Balaban J connectivity index is 1.43. The highest BCUT2D eigenvalue weighted by molar-refractivity contribution is 6.00. The number of nitrogens with zero attached hydrogens (tertiary/aromatic N) is 1. The van der Waals surface area contributed by atoms with Crippen molar-refractivity contribution in [3.63, 3.8) is 0 Å². The van der Waals surface area contributed by atoms with Gasteiger partial charge < -0.3 is 29.7 Å². The lowest BCUT2D eigenvalue weighted by atomic mass is 9.94. The van der Waals surface area contributed by atoms with Gasteiger partial charge >= 0.3 is 0 Å². The summed E-state index contributed by atoms with van der Waals surface area (Å²) in [6.45, 7) is 4.15. The van der Waals surface area contributed by atoms with Crippen LogP contribution < -0.4 is 15.4 Å². The van der Waals surface area contributed by atoms with E-state index >= 15 is 0 Å². The third kappa shape index (κ3) is 5.70. The lowest BCUT2D eigenvalue weighted by molar-refractivity contribution is -0.134. The minimum absolute atomic E-state index is 0.0119. The Hall–Kier alpha value is -2.65. The number of anilines is 1. The van der Waals surface area contributed by atoms with E-state index in [0.29, 0.717) is 62.4 Å². The molecule has 2 fully saturated rings. The third-order valence-electron chi connectivity index (χ3n) is 6.86. The number of carbonyl (C=O) groups is 3. The average Bonchev–Trinajstić information content (AvgIpc) is 2.85. The monoisotopic (exact) mass is 473 g/mol. The van der Waals surface area contributed by atoms with Crippen molar-refractivity contribution < 1.29 is 28.6 Å². The van der Waals surface area contributed by atoms with Crippen LogP contribution in [0.25, 0.3) is 0 Å². The zero-order valence-electron chi connectivity index (χ0n) is 20.0. The van der Waals surface area contributed by atoms with Crippen LogP contribution in [0, 0.1) is 5.92 Å². The largest absolute Gasteiger partial charge is 0.490 e. The summed E-state index contributed by atoms with van der Waals surface area (Å²) in [7, 11) is 1.78. The molecule has 1 aromatic carbocycles. The Kier molecular flexibility index (Phi) is 8.05. The van der Waals surface area contributed by atoms with E-state index < -0.39 is 0 Å². The van der Waals surface area contributed by atoms with E-state index in [1.807, 2.05) is 6.92 Å². The van der Waals surface area contributed by atoms with Gasteiger partial charge in [0.2, 0.25) is 11.8 Å². The first-order valence-electron chi connectivity index (χ1n) is 12.3. The molecule has 3 aliphatic heterocycles. The molecule has 34 heavy (non-hydrogen) atoms. The van der Waals surface area contributed by atoms with Crippen LogP contribution in [-0.4, -0.2) is 74.3 Å². The van der Waals surface area contributed by atoms with E-state index in [1.165, 1.54) is 0 Å². The lowest BCUT2D eigenvalue weighted by Gasteiger charge is -2.42. The van der Waals surface area contributed by atoms with E-state index in [-0.39, 0.29) is 48.5 Å². The highest BCUT2D eigenvalue weighted by atomic mass is 16.5. The van der Waals surface area contributed by atoms with Gasteiger partial charge in [0, 0.05) is 38.4 Å². The van der Waals surface area contributed by atoms with Crippen molar-refractivity contribution in [3.05, 3.63) is 23.8 Å². The van der Waals surface area contributed by atoms with E-state index in [4.69, 9.17) is 14.2 Å². The molecule has 9 nitrogen and oxygen atoms in total. The molecular formula is C25H35N3O6. The first-order chi connectivity index (χ1) is 16.5. The quantitative estimate of drug-likeness (QED) is 0.657. The van der Waals surface area contributed by atoms with Crippen LogP contribution in [0.3, 0.4) is 0 Å². The molecule has 186 valence electrons. The van der Waals surface area contributed by atoms with Gasteiger partial charge in [-0.25, -0.2) is 0 Å². The van der Waals surface area contributed by atoms with Crippen molar-refractivity contribution in [2.75, 3.05) is 38.7 Å². The molecule has 1 aromatic rings. The molecule has 4 rings (SSSR count). The van der Waals surface area contributed by atoms with Crippen molar-refractivity contribution in [2.24, 2.45) is 5.92 Å². The molecule has 0 bridgehead atoms. The number of hydrogen-bond donors (Lipinski definition) is 2. The Morgan fingerprint density at radius 3 is 2.71 bits per heavy atom. The molecule has 2 saturated heterocycles. The van der Waals surface area contributed by atoms with Crippen molar-refractivity contribution in [1.29, 1.82) is 0 Å². The molecule has 0 unspecified atom stereocenters. The topological polar surface area (TPSA) is 106 Å². The second-order valence-electron chi connectivity index (χ2n) is 9.31. The highest BCUT2D eigenvalue weighted by Crippen LogP contribution is 2.32. The van der Waals surface area contributed by atoms with Gasteiger partial charge in [0.1, 0.15) is 18.5 Å². The number of nitrogens with one attached hydrogen (secondary N) is 2. The summed E-state index contributed by atoms with van der Waals surface area (Å²) < 4.78 is 17.5. The Labute approximate surface area is 200 Å². The number of ether oxygens (including phenoxy) is 3. The van der Waals surface area contributed by atoms with Crippen LogP contribution in [0.15, 0.2) is 18.2 Å². The summed E-state index contributed by atoms with van der Waals surface area (Å²) >= 11 is 0. The van der Waals surface area contributed by atoms with Crippen molar-refractivity contribution in [1.82, 2.24) is 10.2 Å². The van der Waals surface area contributed by atoms with E-state index in [9.17, 15) is 14.4 Å². The van der Waals surface area contributed by atoms with Gasteiger partial charge in [0.15, 0.2) is 0 Å². The van der Waals surface area contributed by atoms with Gasteiger partial charge in [0.05, 0.1) is 24.1 Å². The Bertz CT molecular complexity index is 901. The minimum Gasteiger partial charge on any atom is -0.490 e. The predicted octanol–water partition coefficient (Wildman–Crippen LogP) is 2.35. The van der Waals surface area contributed by atoms with Gasteiger partial charge in [-0.05, 0) is 50.3 Å². The zero-order valence-corrected chi connectivity index (χ0v) is 20.0. The third-order valence-corrected chi connectivity index (χ3v) is 6.86. The molecule has 0 aliphatic carbocycles. The van der Waals surface area contributed by atoms with E-state index in [2.05, 4.69) is 10.6 Å². The highest BCUT2D eigenvalue weighted by Gasteiger charge is 2.39. The summed E-state index contributed by atoms with van der Waals surface area (Å²) in [6.07, 6.45) is 3.54. The first kappa shape index (κ1) is 24.5.